The van der Waals surface area contributed by atoms with Gasteiger partial charge in [0.1, 0.15) is 11.5 Å². The number of carbonyl (C=O) groups is 3. The minimum atomic E-state index is -0.965. The van der Waals surface area contributed by atoms with Crippen LogP contribution in [0.4, 0.5) is 11.4 Å². The largest absolute Gasteiger partial charge is 0.466 e. The molecule has 1 heterocycles. The van der Waals surface area contributed by atoms with Gasteiger partial charge in [0, 0.05) is 16.9 Å². The van der Waals surface area contributed by atoms with Crippen molar-refractivity contribution in [2.45, 2.75) is 12.8 Å². The summed E-state index contributed by atoms with van der Waals surface area (Å²) in [5.74, 6) is -3.02. The van der Waals surface area contributed by atoms with Crippen LogP contribution >= 0.6 is 0 Å². The Hall–Kier alpha value is -5.36. The van der Waals surface area contributed by atoms with E-state index in [9.17, 15) is 19.6 Å². The average molecular weight is 523 g/mol. The number of nitrogens with one attached hydrogen (secondary N) is 1. The van der Waals surface area contributed by atoms with Gasteiger partial charge in [-0.1, -0.05) is 48.5 Å². The van der Waals surface area contributed by atoms with E-state index in [2.05, 4.69) is 11.4 Å². The molecule has 9 heteroatoms. The number of hydrogen-bond acceptors (Lipinski definition) is 8. The lowest BCUT2D eigenvalue weighted by molar-refractivity contribution is -0.139. The van der Waals surface area contributed by atoms with Gasteiger partial charge in [0.25, 0.3) is 5.91 Å². The number of amides is 1. The van der Waals surface area contributed by atoms with Gasteiger partial charge in [-0.2, -0.15) is 5.26 Å². The molecule has 1 aliphatic heterocycles. The molecule has 0 spiro atoms. The van der Waals surface area contributed by atoms with E-state index in [-0.39, 0.29) is 28.6 Å². The van der Waals surface area contributed by atoms with Gasteiger partial charge in [-0.25, -0.2) is 9.59 Å². The second-order valence-electron chi connectivity index (χ2n) is 8.65. The Balaban J connectivity index is 1.83. The first-order valence-corrected chi connectivity index (χ1v) is 11.9. The van der Waals surface area contributed by atoms with Gasteiger partial charge in [-0.05, 0) is 48.4 Å². The second kappa shape index (κ2) is 11.4. The Morgan fingerprint density at radius 1 is 0.897 bits per heavy atom. The molecule has 0 saturated carbocycles. The number of rotatable bonds is 6. The van der Waals surface area contributed by atoms with E-state index < -0.39 is 17.9 Å². The highest BCUT2D eigenvalue weighted by molar-refractivity contribution is 6.07. The third kappa shape index (κ3) is 5.08. The van der Waals surface area contributed by atoms with Gasteiger partial charge in [-0.15, -0.1) is 0 Å². The Morgan fingerprint density at radius 3 is 2.10 bits per heavy atom. The van der Waals surface area contributed by atoms with Crippen molar-refractivity contribution >= 4 is 29.2 Å². The fraction of sp³-hybridized carbons (Fsp3) is 0.133. The molecule has 0 saturated heterocycles. The number of allylic oxidation sites excluding steroid dienone is 1. The van der Waals surface area contributed by atoms with E-state index in [0.29, 0.717) is 22.5 Å². The van der Waals surface area contributed by atoms with Gasteiger partial charge in [-0.3, -0.25) is 9.69 Å². The number of ether oxygens (including phenoxy) is 2. The normalized spacial score (nSPS) is 14.9. The molecule has 196 valence electrons. The molecule has 3 aromatic rings. The fourth-order valence-corrected chi connectivity index (χ4v) is 4.45. The minimum Gasteiger partial charge on any atom is -0.466 e. The number of benzene rings is 3. The zero-order valence-electron chi connectivity index (χ0n) is 21.6. The smallest absolute Gasteiger partial charge is 0.355 e. The number of esters is 2. The van der Waals surface area contributed by atoms with Gasteiger partial charge < -0.3 is 20.5 Å². The molecule has 0 bridgehead atoms. The number of nitrogens with zero attached hydrogens (tertiary/aromatic N) is 2. The maximum atomic E-state index is 13.2. The molecule has 0 aliphatic carbocycles. The predicted molar refractivity (Wildman–Crippen MR) is 145 cm³/mol. The summed E-state index contributed by atoms with van der Waals surface area (Å²) in [6, 6.07) is 24.5. The van der Waals surface area contributed by atoms with E-state index in [1.54, 1.807) is 60.7 Å². The number of hydrogen-bond donors (Lipinski definition) is 2. The highest BCUT2D eigenvalue weighted by Crippen LogP contribution is 2.43. The number of methoxy groups -OCH3 is 2. The van der Waals surface area contributed by atoms with Crippen LogP contribution in [0.25, 0.3) is 0 Å². The monoisotopic (exact) mass is 522 g/mol. The molecule has 1 aliphatic rings. The summed E-state index contributed by atoms with van der Waals surface area (Å²) in [5.41, 5.74) is 9.12. The zero-order chi connectivity index (χ0) is 28.1. The number of para-hydroxylation sites is 1. The molecule has 0 aromatic heterocycles. The maximum absolute atomic E-state index is 13.2. The highest BCUT2D eigenvalue weighted by Gasteiger charge is 2.43. The number of carbonyl (C=O) groups excluding carboxylic acids is 3. The molecule has 1 amide bonds. The Bertz CT molecular complexity index is 1540. The molecule has 3 N–H and O–H groups in total. The van der Waals surface area contributed by atoms with Crippen LogP contribution in [0.5, 0.6) is 0 Å². The summed E-state index contributed by atoms with van der Waals surface area (Å²) < 4.78 is 10.1. The van der Waals surface area contributed by atoms with Crippen LogP contribution in [0.2, 0.25) is 0 Å². The summed E-state index contributed by atoms with van der Waals surface area (Å²) in [7, 11) is 2.37. The van der Waals surface area contributed by atoms with Crippen LogP contribution in [0.3, 0.4) is 0 Å². The standard InChI is InChI=1S/C30H26N4O5/c1-18-9-7-8-12-23(18)33-28(35)20-13-15-21(16-14-20)34-26(30(37)39-3)25(29(36)38-2)24(22(17-31)27(34)32)19-10-5-4-6-11-19/h4-16,24H,32H2,1-3H3,(H,33,35). The maximum Gasteiger partial charge on any atom is 0.355 e. The van der Waals surface area contributed by atoms with Crippen molar-refractivity contribution in [1.29, 1.82) is 5.26 Å². The summed E-state index contributed by atoms with van der Waals surface area (Å²) in [5, 5.41) is 13.0. The van der Waals surface area contributed by atoms with Crippen molar-refractivity contribution in [2.75, 3.05) is 24.4 Å². The van der Waals surface area contributed by atoms with Crippen LogP contribution in [-0.4, -0.2) is 32.1 Å². The molecule has 1 atom stereocenters. The van der Waals surface area contributed by atoms with Crippen molar-refractivity contribution < 1.29 is 23.9 Å². The number of nitriles is 1. The molecule has 4 rings (SSSR count). The lowest BCUT2D eigenvalue weighted by atomic mass is 9.81. The van der Waals surface area contributed by atoms with Crippen LogP contribution in [0.15, 0.2) is 102 Å². The highest BCUT2D eigenvalue weighted by atomic mass is 16.5. The van der Waals surface area contributed by atoms with E-state index in [1.807, 2.05) is 25.1 Å². The van der Waals surface area contributed by atoms with Crippen molar-refractivity contribution in [1.82, 2.24) is 0 Å². The quantitative estimate of drug-likeness (QED) is 0.461. The van der Waals surface area contributed by atoms with Crippen molar-refractivity contribution in [3.8, 4) is 6.07 Å². The van der Waals surface area contributed by atoms with Gasteiger partial charge in [0.15, 0.2) is 0 Å². The van der Waals surface area contributed by atoms with Crippen LogP contribution in [0, 0.1) is 18.3 Å². The summed E-state index contributed by atoms with van der Waals surface area (Å²) in [6.45, 7) is 1.89. The first-order valence-electron chi connectivity index (χ1n) is 11.9. The third-order valence-corrected chi connectivity index (χ3v) is 6.39. The van der Waals surface area contributed by atoms with Gasteiger partial charge >= 0.3 is 11.9 Å². The Labute approximate surface area is 225 Å². The lowest BCUT2D eigenvalue weighted by Gasteiger charge is -2.35. The lowest BCUT2D eigenvalue weighted by Crippen LogP contribution is -2.40. The zero-order valence-corrected chi connectivity index (χ0v) is 21.6. The average Bonchev–Trinajstić information content (AvgIpc) is 2.97. The molecule has 0 radical (unpaired) electrons. The van der Waals surface area contributed by atoms with Gasteiger partial charge in [0.05, 0.1) is 37.4 Å². The van der Waals surface area contributed by atoms with Crippen LogP contribution < -0.4 is 16.0 Å². The molecular formula is C30H26N4O5. The first kappa shape index (κ1) is 26.7. The predicted octanol–water partition coefficient (Wildman–Crippen LogP) is 4.15. The Kier molecular flexibility index (Phi) is 7.77. The third-order valence-electron chi connectivity index (χ3n) is 6.39. The number of anilines is 2. The Morgan fingerprint density at radius 2 is 1.51 bits per heavy atom. The molecule has 9 nitrogen and oxygen atoms in total. The molecule has 0 fully saturated rings. The molecular weight excluding hydrogens is 496 g/mol. The fourth-order valence-electron chi connectivity index (χ4n) is 4.45. The summed E-state index contributed by atoms with van der Waals surface area (Å²) in [6.07, 6.45) is 0. The molecule has 1 unspecified atom stereocenters. The van der Waals surface area contributed by atoms with E-state index >= 15 is 0 Å². The number of aryl methyl sites for hydroxylation is 1. The van der Waals surface area contributed by atoms with E-state index in [1.165, 1.54) is 19.1 Å². The second-order valence-corrected chi connectivity index (χ2v) is 8.65. The first-order chi connectivity index (χ1) is 18.8. The molecule has 39 heavy (non-hydrogen) atoms. The summed E-state index contributed by atoms with van der Waals surface area (Å²) >= 11 is 0. The van der Waals surface area contributed by atoms with E-state index in [0.717, 1.165) is 5.56 Å². The minimum absolute atomic E-state index is 0.0515. The van der Waals surface area contributed by atoms with Gasteiger partial charge in [0.2, 0.25) is 0 Å². The topological polar surface area (TPSA) is 135 Å². The SMILES string of the molecule is COC(=O)C1=C(C(=O)OC)N(c2ccc(C(=O)Nc3ccccc3C)cc2)C(N)=C(C#N)C1c1ccccc1. The molecule has 3 aromatic carbocycles. The number of nitrogens with two attached hydrogens (primary N) is 1. The van der Waals surface area contributed by atoms with Crippen LogP contribution in [-0.2, 0) is 19.1 Å². The van der Waals surface area contributed by atoms with Crippen LogP contribution in [0.1, 0.15) is 27.4 Å². The van der Waals surface area contributed by atoms with E-state index in [4.69, 9.17) is 15.2 Å². The summed E-state index contributed by atoms with van der Waals surface area (Å²) in [4.78, 5) is 40.4. The van der Waals surface area contributed by atoms with Crippen molar-refractivity contribution in [2.24, 2.45) is 5.73 Å². The van der Waals surface area contributed by atoms with Crippen molar-refractivity contribution in [3.63, 3.8) is 0 Å². The van der Waals surface area contributed by atoms with Crippen molar-refractivity contribution in [3.05, 3.63) is 118 Å².